The van der Waals surface area contributed by atoms with Gasteiger partial charge in [0.25, 0.3) is 0 Å². The number of allylic oxidation sites excluding steroid dienone is 8. The van der Waals surface area contributed by atoms with Gasteiger partial charge in [-0.1, -0.05) is 134 Å². The fraction of sp³-hybridized carbons (Fsp3) is 0.174. The van der Waals surface area contributed by atoms with Crippen molar-refractivity contribution >= 4 is 44.7 Å². The molecule has 2 nitrogen and oxygen atoms in total. The maximum atomic E-state index is 3.97. The number of anilines is 3. The largest absolute Gasteiger partial charge is 0.379 e. The van der Waals surface area contributed by atoms with Crippen LogP contribution in [0.15, 0.2) is 164 Å². The van der Waals surface area contributed by atoms with Crippen molar-refractivity contribution in [1.29, 1.82) is 0 Å². The SMILES string of the molecule is C=C/C=C\C(=C/C)N(c1ccccc1)c1c2c(c(CC/C(C)=C\C=C/C(C)Nc3ccccc3)c3ccc4ccccc4c13)C=CCC2. The molecule has 0 heterocycles. The van der Waals surface area contributed by atoms with Crippen molar-refractivity contribution in [3.63, 3.8) is 0 Å². The Labute approximate surface area is 286 Å². The van der Waals surface area contributed by atoms with E-state index >= 15 is 0 Å². The van der Waals surface area contributed by atoms with Crippen molar-refractivity contribution in [3.05, 3.63) is 180 Å². The lowest BCUT2D eigenvalue weighted by molar-refractivity contribution is 0.924. The van der Waals surface area contributed by atoms with E-state index in [2.05, 4.69) is 171 Å². The van der Waals surface area contributed by atoms with Crippen molar-refractivity contribution in [2.75, 3.05) is 10.2 Å². The van der Waals surface area contributed by atoms with Gasteiger partial charge in [0.15, 0.2) is 0 Å². The Morgan fingerprint density at radius 3 is 2.42 bits per heavy atom. The molecule has 5 aromatic carbocycles. The quantitative estimate of drug-likeness (QED) is 0.109. The van der Waals surface area contributed by atoms with Gasteiger partial charge in [0.1, 0.15) is 0 Å². The topological polar surface area (TPSA) is 15.3 Å². The first-order valence-corrected chi connectivity index (χ1v) is 17.2. The predicted octanol–water partition coefficient (Wildman–Crippen LogP) is 12.7. The molecule has 0 amide bonds. The average Bonchev–Trinajstić information content (AvgIpc) is 3.13. The first-order valence-electron chi connectivity index (χ1n) is 17.2. The number of rotatable bonds is 12. The van der Waals surface area contributed by atoms with Gasteiger partial charge in [-0.2, -0.15) is 0 Å². The number of nitrogens with one attached hydrogen (secondary N) is 1. The van der Waals surface area contributed by atoms with Crippen molar-refractivity contribution < 1.29 is 0 Å². The van der Waals surface area contributed by atoms with Gasteiger partial charge in [-0.25, -0.2) is 0 Å². The maximum absolute atomic E-state index is 3.97. The summed E-state index contributed by atoms with van der Waals surface area (Å²) in [5, 5.41) is 8.77. The van der Waals surface area contributed by atoms with Gasteiger partial charge in [-0.05, 0) is 110 Å². The molecule has 240 valence electrons. The standard InChI is InChI=1S/C46H46N2/c1-5-7-24-38(6-2)48(39-25-12-9-13-26-39)46-44-29-17-16-28-41(44)42(43-33-31-36-21-14-15-27-40(36)45(43)46)32-30-34(3)19-18-20-35(4)47-37-22-10-8-11-23-37/h5-16,18-28,31,33,35,47H,1,17,29-30,32H2,2-4H3/b20-18-,24-7-,34-19-,38-6+. The predicted molar refractivity (Wildman–Crippen MR) is 211 cm³/mol. The molecule has 0 fully saturated rings. The van der Waals surface area contributed by atoms with Crippen LogP contribution in [0.1, 0.15) is 50.3 Å². The lowest BCUT2D eigenvalue weighted by atomic mass is 9.82. The smallest absolute Gasteiger partial charge is 0.0584 e. The van der Waals surface area contributed by atoms with E-state index in [0.29, 0.717) is 0 Å². The number of nitrogens with zero attached hydrogens (tertiary/aromatic N) is 1. The first kappa shape index (κ1) is 32.6. The Kier molecular flexibility index (Phi) is 10.5. The lowest BCUT2D eigenvalue weighted by Gasteiger charge is -2.33. The Morgan fingerprint density at radius 1 is 0.896 bits per heavy atom. The molecule has 5 aromatic rings. The van der Waals surface area contributed by atoms with Crippen LogP contribution in [0.4, 0.5) is 17.1 Å². The van der Waals surface area contributed by atoms with Crippen LogP contribution >= 0.6 is 0 Å². The van der Waals surface area contributed by atoms with Gasteiger partial charge in [0.05, 0.1) is 5.69 Å². The van der Waals surface area contributed by atoms with Gasteiger partial charge < -0.3 is 10.2 Å². The van der Waals surface area contributed by atoms with E-state index in [1.54, 1.807) is 0 Å². The molecule has 1 atom stereocenters. The zero-order chi connectivity index (χ0) is 33.3. The minimum absolute atomic E-state index is 0.245. The van der Waals surface area contributed by atoms with Crippen molar-refractivity contribution in [3.8, 4) is 0 Å². The zero-order valence-electron chi connectivity index (χ0n) is 28.5. The number of fused-ring (bicyclic) bond motifs is 4. The number of aryl methyl sites for hydroxylation is 1. The second-order valence-corrected chi connectivity index (χ2v) is 12.5. The van der Waals surface area contributed by atoms with E-state index in [1.807, 2.05) is 18.2 Å². The summed E-state index contributed by atoms with van der Waals surface area (Å²) < 4.78 is 0. The van der Waals surface area contributed by atoms with Crippen LogP contribution in [0.5, 0.6) is 0 Å². The lowest BCUT2D eigenvalue weighted by Crippen LogP contribution is -2.19. The molecule has 0 saturated heterocycles. The van der Waals surface area contributed by atoms with E-state index in [-0.39, 0.29) is 6.04 Å². The third-order valence-corrected chi connectivity index (χ3v) is 9.19. The third-order valence-electron chi connectivity index (χ3n) is 9.19. The van der Waals surface area contributed by atoms with Gasteiger partial charge in [0, 0.05) is 28.5 Å². The minimum atomic E-state index is 0.245. The molecular weight excluding hydrogens is 581 g/mol. The Morgan fingerprint density at radius 2 is 1.65 bits per heavy atom. The summed E-state index contributed by atoms with van der Waals surface area (Å²) in [4.78, 5) is 2.47. The molecule has 0 spiro atoms. The molecule has 1 unspecified atom stereocenters. The maximum Gasteiger partial charge on any atom is 0.0584 e. The molecule has 1 aliphatic carbocycles. The molecule has 1 aliphatic rings. The minimum Gasteiger partial charge on any atom is -0.379 e. The summed E-state index contributed by atoms with van der Waals surface area (Å²) >= 11 is 0. The van der Waals surface area contributed by atoms with Crippen molar-refractivity contribution in [2.45, 2.75) is 52.5 Å². The second-order valence-electron chi connectivity index (χ2n) is 12.5. The molecule has 1 N–H and O–H groups in total. The molecule has 48 heavy (non-hydrogen) atoms. The molecule has 0 saturated carbocycles. The van der Waals surface area contributed by atoms with Crippen molar-refractivity contribution in [2.24, 2.45) is 0 Å². The number of benzene rings is 5. The third kappa shape index (κ3) is 7.14. The molecule has 0 aliphatic heterocycles. The molecule has 0 aromatic heterocycles. The molecular formula is C46H46N2. The highest BCUT2D eigenvalue weighted by Crippen LogP contribution is 2.47. The van der Waals surface area contributed by atoms with Gasteiger partial charge >= 0.3 is 0 Å². The van der Waals surface area contributed by atoms with Crippen LogP contribution in [-0.2, 0) is 12.8 Å². The molecule has 6 rings (SSSR count). The number of para-hydroxylation sites is 2. The van der Waals surface area contributed by atoms with Gasteiger partial charge in [0.2, 0.25) is 0 Å². The molecule has 0 bridgehead atoms. The summed E-state index contributed by atoms with van der Waals surface area (Å²) in [5.74, 6) is 0. The van der Waals surface area contributed by atoms with Crippen LogP contribution in [0.3, 0.4) is 0 Å². The highest BCUT2D eigenvalue weighted by Gasteiger charge is 2.26. The van der Waals surface area contributed by atoms with E-state index in [0.717, 1.165) is 42.8 Å². The van der Waals surface area contributed by atoms with E-state index < -0.39 is 0 Å². The number of hydrogen-bond donors (Lipinski definition) is 1. The zero-order valence-corrected chi connectivity index (χ0v) is 28.5. The summed E-state index contributed by atoms with van der Waals surface area (Å²) in [5.41, 5.74) is 10.3. The monoisotopic (exact) mass is 626 g/mol. The van der Waals surface area contributed by atoms with E-state index in [1.165, 1.54) is 49.5 Å². The summed E-state index contributed by atoms with van der Waals surface area (Å²) in [6.45, 7) is 10.5. The average molecular weight is 627 g/mol. The Balaban J connectivity index is 1.46. The van der Waals surface area contributed by atoms with Crippen LogP contribution in [0, 0.1) is 0 Å². The fourth-order valence-electron chi connectivity index (χ4n) is 6.87. The van der Waals surface area contributed by atoms with E-state index in [9.17, 15) is 0 Å². The summed E-state index contributed by atoms with van der Waals surface area (Å²) in [6.07, 6.45) is 23.7. The fourth-order valence-corrected chi connectivity index (χ4v) is 6.87. The molecule has 2 heteroatoms. The second kappa shape index (κ2) is 15.5. The Bertz CT molecular complexity index is 2040. The van der Waals surface area contributed by atoms with Crippen LogP contribution in [0.25, 0.3) is 27.6 Å². The summed E-state index contributed by atoms with van der Waals surface area (Å²) in [6, 6.07) is 35.0. The van der Waals surface area contributed by atoms with Gasteiger partial charge in [-0.3, -0.25) is 0 Å². The number of hydrogen-bond acceptors (Lipinski definition) is 2. The molecule has 0 radical (unpaired) electrons. The van der Waals surface area contributed by atoms with Gasteiger partial charge in [-0.15, -0.1) is 0 Å². The normalized spacial score (nSPS) is 14.1. The Hall–Kier alpha value is -5.34. The highest BCUT2D eigenvalue weighted by atomic mass is 15.2. The first-order chi connectivity index (χ1) is 23.6. The van der Waals surface area contributed by atoms with Crippen molar-refractivity contribution in [1.82, 2.24) is 0 Å². The van der Waals surface area contributed by atoms with Crippen LogP contribution < -0.4 is 10.2 Å². The van der Waals surface area contributed by atoms with Crippen LogP contribution in [-0.4, -0.2) is 6.04 Å². The summed E-state index contributed by atoms with van der Waals surface area (Å²) in [7, 11) is 0. The van der Waals surface area contributed by atoms with E-state index in [4.69, 9.17) is 0 Å². The van der Waals surface area contributed by atoms with Crippen LogP contribution in [0.2, 0.25) is 0 Å². The highest BCUT2D eigenvalue weighted by molar-refractivity contribution is 6.17.